The number of carbonyl (C=O) groups excluding carboxylic acids is 1. The Morgan fingerprint density at radius 3 is 2.71 bits per heavy atom. The van der Waals surface area contributed by atoms with Crippen LogP contribution in [0.4, 0.5) is 4.79 Å². The van der Waals surface area contributed by atoms with Crippen molar-refractivity contribution in [2.75, 3.05) is 5.75 Å². The van der Waals surface area contributed by atoms with Crippen molar-refractivity contribution in [2.45, 2.75) is 37.2 Å². The van der Waals surface area contributed by atoms with Gasteiger partial charge in [0, 0.05) is 5.25 Å². The highest BCUT2D eigenvalue weighted by Gasteiger charge is 2.44. The summed E-state index contributed by atoms with van der Waals surface area (Å²) < 4.78 is 5.19. The van der Waals surface area contributed by atoms with E-state index in [2.05, 4.69) is 5.32 Å². The lowest BCUT2D eigenvalue weighted by molar-refractivity contribution is -0.138. The van der Waals surface area contributed by atoms with Crippen LogP contribution in [0.2, 0.25) is 0 Å². The van der Waals surface area contributed by atoms with Gasteiger partial charge in [-0.25, -0.2) is 4.79 Å². The maximum Gasteiger partial charge on any atom is 0.407 e. The van der Waals surface area contributed by atoms with Crippen molar-refractivity contribution in [2.24, 2.45) is 0 Å². The molecule has 21 heavy (non-hydrogen) atoms. The Kier molecular flexibility index (Phi) is 5.12. The van der Waals surface area contributed by atoms with Crippen molar-refractivity contribution in [3.63, 3.8) is 0 Å². The van der Waals surface area contributed by atoms with Crippen LogP contribution in [0.3, 0.4) is 0 Å². The molecule has 1 aromatic carbocycles. The summed E-state index contributed by atoms with van der Waals surface area (Å²) >= 11 is 1.67. The van der Waals surface area contributed by atoms with Gasteiger partial charge in [0.2, 0.25) is 0 Å². The molecule has 0 radical (unpaired) electrons. The summed E-state index contributed by atoms with van der Waals surface area (Å²) in [5.41, 5.74) is 0.179. The first-order valence-corrected chi connectivity index (χ1v) is 7.89. The van der Waals surface area contributed by atoms with Gasteiger partial charge >= 0.3 is 12.1 Å². The van der Waals surface area contributed by atoms with E-state index in [1.54, 1.807) is 11.8 Å². The standard InChI is InChI=1S/C15H19NO4S/c1-11-15(7-8-21-11,9-13(17)18)16-14(19)20-10-12-5-3-2-4-6-12/h2-6,11H,7-10H2,1H3,(H,16,19)(H,17,18). The second kappa shape index (κ2) is 6.85. The van der Waals surface area contributed by atoms with Crippen LogP contribution < -0.4 is 5.32 Å². The van der Waals surface area contributed by atoms with Crippen molar-refractivity contribution in [1.29, 1.82) is 0 Å². The van der Waals surface area contributed by atoms with Crippen molar-refractivity contribution >= 4 is 23.8 Å². The second-order valence-corrected chi connectivity index (χ2v) is 6.63. The number of ether oxygens (including phenoxy) is 1. The molecular weight excluding hydrogens is 290 g/mol. The van der Waals surface area contributed by atoms with Crippen molar-refractivity contribution in [1.82, 2.24) is 5.32 Å². The number of carbonyl (C=O) groups is 2. The SMILES string of the molecule is CC1SCCC1(CC(=O)O)NC(=O)OCc1ccccc1. The average molecular weight is 309 g/mol. The van der Waals surface area contributed by atoms with E-state index in [-0.39, 0.29) is 18.3 Å². The summed E-state index contributed by atoms with van der Waals surface area (Å²) in [5, 5.41) is 11.9. The number of carboxylic acid groups (broad SMARTS) is 1. The summed E-state index contributed by atoms with van der Waals surface area (Å²) in [5.74, 6) is -0.0688. The molecule has 0 aromatic heterocycles. The summed E-state index contributed by atoms with van der Waals surface area (Å²) in [6, 6.07) is 9.38. The van der Waals surface area contributed by atoms with Gasteiger partial charge in [0.05, 0.1) is 12.0 Å². The number of hydrogen-bond acceptors (Lipinski definition) is 4. The van der Waals surface area contributed by atoms with Gasteiger partial charge in [0.15, 0.2) is 0 Å². The lowest BCUT2D eigenvalue weighted by atomic mass is 9.89. The molecule has 0 bridgehead atoms. The number of alkyl carbamates (subject to hydrolysis) is 1. The molecule has 1 heterocycles. The normalized spacial score (nSPS) is 24.5. The Bertz CT molecular complexity index is 508. The minimum absolute atomic E-state index is 0.0536. The number of aliphatic carboxylic acids is 1. The number of benzene rings is 1. The van der Waals surface area contributed by atoms with E-state index < -0.39 is 17.6 Å². The third-order valence-electron chi connectivity index (χ3n) is 3.72. The molecular formula is C15H19NO4S. The molecule has 5 nitrogen and oxygen atoms in total. The van der Waals surface area contributed by atoms with Gasteiger partial charge in [0.1, 0.15) is 6.61 Å². The smallest absolute Gasteiger partial charge is 0.407 e. The van der Waals surface area contributed by atoms with E-state index in [9.17, 15) is 9.59 Å². The molecule has 2 atom stereocenters. The molecule has 1 aliphatic rings. The van der Waals surface area contributed by atoms with Gasteiger partial charge in [0.25, 0.3) is 0 Å². The van der Waals surface area contributed by atoms with Gasteiger partial charge < -0.3 is 15.2 Å². The molecule has 1 aromatic rings. The molecule has 1 amide bonds. The lowest BCUT2D eigenvalue weighted by Gasteiger charge is -2.32. The lowest BCUT2D eigenvalue weighted by Crippen LogP contribution is -2.53. The van der Waals surface area contributed by atoms with Gasteiger partial charge in [-0.3, -0.25) is 4.79 Å². The molecule has 1 aliphatic heterocycles. The van der Waals surface area contributed by atoms with E-state index in [0.29, 0.717) is 6.42 Å². The zero-order chi connectivity index (χ0) is 15.3. The summed E-state index contributed by atoms with van der Waals surface area (Å²) in [4.78, 5) is 23.0. The molecule has 2 rings (SSSR count). The number of thioether (sulfide) groups is 1. The van der Waals surface area contributed by atoms with Crippen LogP contribution in [-0.4, -0.2) is 33.7 Å². The Morgan fingerprint density at radius 2 is 2.14 bits per heavy atom. The Labute approximate surface area is 128 Å². The predicted molar refractivity (Wildman–Crippen MR) is 81.3 cm³/mol. The molecule has 0 spiro atoms. The van der Waals surface area contributed by atoms with Gasteiger partial charge in [-0.2, -0.15) is 11.8 Å². The zero-order valence-electron chi connectivity index (χ0n) is 11.9. The third-order valence-corrected chi connectivity index (χ3v) is 5.12. The van der Waals surface area contributed by atoms with E-state index in [1.165, 1.54) is 0 Å². The molecule has 2 N–H and O–H groups in total. The average Bonchev–Trinajstić information content (AvgIpc) is 2.78. The molecule has 1 fully saturated rings. The highest BCUT2D eigenvalue weighted by atomic mass is 32.2. The topological polar surface area (TPSA) is 75.6 Å². The van der Waals surface area contributed by atoms with Crippen molar-refractivity contribution in [3.8, 4) is 0 Å². The van der Waals surface area contributed by atoms with E-state index >= 15 is 0 Å². The van der Waals surface area contributed by atoms with E-state index in [4.69, 9.17) is 9.84 Å². The fourth-order valence-electron chi connectivity index (χ4n) is 2.45. The predicted octanol–water partition coefficient (Wildman–Crippen LogP) is 2.65. The molecule has 2 unspecified atom stereocenters. The molecule has 1 saturated heterocycles. The third kappa shape index (κ3) is 4.14. The number of hydrogen-bond donors (Lipinski definition) is 2. The van der Waals surface area contributed by atoms with Gasteiger partial charge in [-0.15, -0.1) is 0 Å². The Hall–Kier alpha value is -1.69. The number of amides is 1. The zero-order valence-corrected chi connectivity index (χ0v) is 12.7. The van der Waals surface area contributed by atoms with Crippen molar-refractivity contribution in [3.05, 3.63) is 35.9 Å². The maximum absolute atomic E-state index is 12.0. The first kappa shape index (κ1) is 15.7. The van der Waals surface area contributed by atoms with Crippen LogP contribution in [0.1, 0.15) is 25.3 Å². The van der Waals surface area contributed by atoms with E-state index in [0.717, 1.165) is 11.3 Å². The van der Waals surface area contributed by atoms with Gasteiger partial charge in [-0.1, -0.05) is 37.3 Å². The van der Waals surface area contributed by atoms with Crippen LogP contribution in [0.15, 0.2) is 30.3 Å². The van der Waals surface area contributed by atoms with Crippen LogP contribution in [-0.2, 0) is 16.1 Å². The van der Waals surface area contributed by atoms with E-state index in [1.807, 2.05) is 37.3 Å². The minimum atomic E-state index is -0.910. The summed E-state index contributed by atoms with van der Waals surface area (Å²) in [7, 11) is 0. The minimum Gasteiger partial charge on any atom is -0.481 e. The monoisotopic (exact) mass is 309 g/mol. The molecule has 0 saturated carbocycles. The van der Waals surface area contributed by atoms with Crippen LogP contribution in [0.5, 0.6) is 0 Å². The Balaban J connectivity index is 1.94. The fourth-order valence-corrected chi connectivity index (χ4v) is 3.87. The second-order valence-electron chi connectivity index (χ2n) is 5.18. The fraction of sp³-hybridized carbons (Fsp3) is 0.467. The molecule has 6 heteroatoms. The molecule has 0 aliphatic carbocycles. The van der Waals surface area contributed by atoms with Gasteiger partial charge in [-0.05, 0) is 17.7 Å². The molecule has 114 valence electrons. The first-order valence-electron chi connectivity index (χ1n) is 6.84. The summed E-state index contributed by atoms with van der Waals surface area (Å²) in [6.45, 7) is 2.12. The number of rotatable bonds is 5. The quantitative estimate of drug-likeness (QED) is 0.874. The Morgan fingerprint density at radius 1 is 1.43 bits per heavy atom. The highest BCUT2D eigenvalue weighted by Crippen LogP contribution is 2.38. The largest absolute Gasteiger partial charge is 0.481 e. The number of carboxylic acids is 1. The number of nitrogens with one attached hydrogen (secondary N) is 1. The summed E-state index contributed by atoms with van der Waals surface area (Å²) in [6.07, 6.45) is 0.00198. The van der Waals surface area contributed by atoms with Crippen molar-refractivity contribution < 1.29 is 19.4 Å². The first-order chi connectivity index (χ1) is 10.0. The van der Waals surface area contributed by atoms with Crippen LogP contribution in [0, 0.1) is 0 Å². The van der Waals surface area contributed by atoms with Crippen LogP contribution in [0.25, 0.3) is 0 Å². The highest BCUT2D eigenvalue weighted by molar-refractivity contribution is 8.00. The van der Waals surface area contributed by atoms with Crippen LogP contribution >= 0.6 is 11.8 Å². The maximum atomic E-state index is 12.0.